The van der Waals surface area contributed by atoms with E-state index in [9.17, 15) is 15.0 Å². The van der Waals surface area contributed by atoms with Crippen LogP contribution in [0.1, 0.15) is 53.4 Å². The summed E-state index contributed by atoms with van der Waals surface area (Å²) in [5.41, 5.74) is 3.03. The predicted molar refractivity (Wildman–Crippen MR) is 96.4 cm³/mol. The molecule has 1 aliphatic heterocycles. The first-order valence-electron chi connectivity index (χ1n) is 8.35. The molecule has 1 unspecified atom stereocenters. The molecule has 0 aromatic heterocycles. The van der Waals surface area contributed by atoms with Gasteiger partial charge in [-0.25, -0.2) is 0 Å². The number of hydrogen-bond donors (Lipinski definition) is 2. The smallest absolute Gasteiger partial charge is 0.174 e. The van der Waals surface area contributed by atoms with Gasteiger partial charge < -0.3 is 14.9 Å². The summed E-state index contributed by atoms with van der Waals surface area (Å²) >= 11 is 0. The van der Waals surface area contributed by atoms with Crippen LogP contribution in [-0.4, -0.2) is 16.0 Å². The summed E-state index contributed by atoms with van der Waals surface area (Å²) in [6.45, 7) is 5.54. The van der Waals surface area contributed by atoms with Gasteiger partial charge in [0.2, 0.25) is 0 Å². The number of ether oxygens (including phenoxy) is 1. The van der Waals surface area contributed by atoms with E-state index in [1.807, 2.05) is 50.3 Å². The summed E-state index contributed by atoms with van der Waals surface area (Å²) in [5, 5.41) is 20.9. The van der Waals surface area contributed by atoms with Gasteiger partial charge in [0.25, 0.3) is 0 Å². The summed E-state index contributed by atoms with van der Waals surface area (Å²) in [6.07, 6.45) is 2.14. The Morgan fingerprint density at radius 1 is 1.20 bits per heavy atom. The maximum Gasteiger partial charge on any atom is 0.174 e. The summed E-state index contributed by atoms with van der Waals surface area (Å²) in [7, 11) is 0. The molecule has 0 bridgehead atoms. The second-order valence-corrected chi connectivity index (χ2v) is 6.63. The molecule has 0 saturated heterocycles. The van der Waals surface area contributed by atoms with Crippen LogP contribution in [0.2, 0.25) is 0 Å². The van der Waals surface area contributed by atoms with Crippen LogP contribution < -0.4 is 4.74 Å². The van der Waals surface area contributed by atoms with Gasteiger partial charge in [0.15, 0.2) is 5.78 Å². The third-order valence-electron chi connectivity index (χ3n) is 4.53. The number of carbonyl (C=O) groups is 1. The number of phenols is 2. The number of phenolic OH excluding ortho intramolecular Hbond substituents is 2. The van der Waals surface area contributed by atoms with E-state index < -0.39 is 6.10 Å². The first kappa shape index (κ1) is 17.1. The molecule has 0 spiro atoms. The fourth-order valence-electron chi connectivity index (χ4n) is 3.08. The van der Waals surface area contributed by atoms with Crippen molar-refractivity contribution < 1.29 is 19.7 Å². The minimum atomic E-state index is -0.423. The van der Waals surface area contributed by atoms with Gasteiger partial charge in [-0.3, -0.25) is 4.79 Å². The van der Waals surface area contributed by atoms with Gasteiger partial charge in [0.05, 0.1) is 6.42 Å². The van der Waals surface area contributed by atoms with E-state index in [0.717, 1.165) is 11.1 Å². The summed E-state index contributed by atoms with van der Waals surface area (Å²) < 4.78 is 6.10. The number of fused-ring (bicyclic) bond motifs is 1. The van der Waals surface area contributed by atoms with Gasteiger partial charge in [-0.05, 0) is 32.8 Å². The molecule has 4 heteroatoms. The lowest BCUT2D eigenvalue weighted by molar-refractivity contribution is 0.0842. The number of allylic oxidation sites excluding steroid dienone is 2. The molecular weight excluding hydrogens is 316 g/mol. The van der Waals surface area contributed by atoms with E-state index in [2.05, 4.69) is 0 Å². The van der Waals surface area contributed by atoms with Crippen LogP contribution in [0.15, 0.2) is 42.0 Å². The number of hydrogen-bond acceptors (Lipinski definition) is 4. The van der Waals surface area contributed by atoms with Gasteiger partial charge in [0.1, 0.15) is 28.9 Å². The van der Waals surface area contributed by atoms with Gasteiger partial charge in [0, 0.05) is 11.1 Å². The first-order chi connectivity index (χ1) is 11.9. The van der Waals surface area contributed by atoms with E-state index in [1.54, 1.807) is 6.92 Å². The number of benzene rings is 2. The standard InChI is InChI=1S/C21H22O4/c1-12(2)9-10-15-19(23)13(3)20(24)18-16(22)11-17(25-21(15)18)14-7-5-4-6-8-14/h4-9,17,23-24H,10-11H2,1-3H3. The third kappa shape index (κ3) is 3.12. The fourth-order valence-corrected chi connectivity index (χ4v) is 3.08. The number of rotatable bonds is 3. The molecule has 3 rings (SSSR count). The van der Waals surface area contributed by atoms with Gasteiger partial charge >= 0.3 is 0 Å². The summed E-state index contributed by atoms with van der Waals surface area (Å²) in [5.74, 6) is -0.0856. The summed E-state index contributed by atoms with van der Waals surface area (Å²) in [4.78, 5) is 12.7. The molecule has 1 atom stereocenters. The summed E-state index contributed by atoms with van der Waals surface area (Å²) in [6, 6.07) is 9.52. The van der Waals surface area contributed by atoms with Gasteiger partial charge in [-0.1, -0.05) is 42.0 Å². The normalized spacial score (nSPS) is 16.1. The highest BCUT2D eigenvalue weighted by Gasteiger charge is 2.34. The number of Topliss-reactive ketones (excluding diaryl/α,β-unsaturated/α-hetero) is 1. The third-order valence-corrected chi connectivity index (χ3v) is 4.53. The van der Waals surface area contributed by atoms with Crippen LogP contribution in [0.5, 0.6) is 17.2 Å². The van der Waals surface area contributed by atoms with Gasteiger partial charge in [-0.15, -0.1) is 0 Å². The zero-order valence-electron chi connectivity index (χ0n) is 14.7. The highest BCUT2D eigenvalue weighted by atomic mass is 16.5. The second kappa shape index (κ2) is 6.63. The molecule has 130 valence electrons. The quantitative estimate of drug-likeness (QED) is 0.801. The van der Waals surface area contributed by atoms with Crippen LogP contribution in [-0.2, 0) is 6.42 Å². The average Bonchev–Trinajstić information content (AvgIpc) is 2.59. The van der Waals surface area contributed by atoms with Crippen molar-refractivity contribution in [1.82, 2.24) is 0 Å². The molecule has 0 saturated carbocycles. The molecule has 1 aliphatic rings. The molecule has 1 heterocycles. The van der Waals surface area contributed by atoms with Crippen LogP contribution in [0, 0.1) is 6.92 Å². The molecule has 0 aliphatic carbocycles. The first-order valence-corrected chi connectivity index (χ1v) is 8.35. The highest BCUT2D eigenvalue weighted by molar-refractivity contribution is 6.04. The molecular formula is C21H22O4. The average molecular weight is 338 g/mol. The maximum absolute atomic E-state index is 12.7. The molecule has 2 aromatic rings. The fraction of sp³-hybridized carbons (Fsp3) is 0.286. The Kier molecular flexibility index (Phi) is 4.53. The highest BCUT2D eigenvalue weighted by Crippen LogP contribution is 2.47. The molecule has 0 fully saturated rings. The van der Waals surface area contributed by atoms with Crippen molar-refractivity contribution >= 4 is 5.78 Å². The molecule has 2 N–H and O–H groups in total. The Morgan fingerprint density at radius 2 is 1.88 bits per heavy atom. The van der Waals surface area contributed by atoms with E-state index in [4.69, 9.17) is 4.74 Å². The lowest BCUT2D eigenvalue weighted by Crippen LogP contribution is -2.22. The van der Waals surface area contributed by atoms with Gasteiger partial charge in [-0.2, -0.15) is 0 Å². The Balaban J connectivity index is 2.14. The zero-order valence-corrected chi connectivity index (χ0v) is 14.7. The topological polar surface area (TPSA) is 66.8 Å². The van der Waals surface area contributed by atoms with Crippen molar-refractivity contribution in [3.05, 3.63) is 64.2 Å². The van der Waals surface area contributed by atoms with E-state index in [-0.39, 0.29) is 29.3 Å². The number of carbonyl (C=O) groups excluding carboxylic acids is 1. The molecule has 2 aromatic carbocycles. The van der Waals surface area contributed by atoms with Crippen molar-refractivity contribution in [2.24, 2.45) is 0 Å². The van der Waals surface area contributed by atoms with Crippen LogP contribution >= 0.6 is 0 Å². The predicted octanol–water partition coefficient (Wildman–Crippen LogP) is 4.62. The number of ketones is 1. The number of aromatic hydroxyl groups is 2. The Morgan fingerprint density at radius 3 is 2.52 bits per heavy atom. The van der Waals surface area contributed by atoms with Crippen LogP contribution in [0.3, 0.4) is 0 Å². The Bertz CT molecular complexity index is 846. The maximum atomic E-state index is 12.7. The van der Waals surface area contributed by atoms with E-state index in [0.29, 0.717) is 23.3 Å². The zero-order chi connectivity index (χ0) is 18.1. The van der Waals surface area contributed by atoms with E-state index in [1.165, 1.54) is 0 Å². The largest absolute Gasteiger partial charge is 0.507 e. The van der Waals surface area contributed by atoms with Crippen molar-refractivity contribution in [1.29, 1.82) is 0 Å². The van der Waals surface area contributed by atoms with Crippen molar-refractivity contribution in [2.45, 2.75) is 39.7 Å². The minimum Gasteiger partial charge on any atom is -0.507 e. The molecule has 0 radical (unpaired) electrons. The lowest BCUT2D eigenvalue weighted by atomic mass is 9.90. The Hall–Kier alpha value is -2.75. The van der Waals surface area contributed by atoms with Crippen molar-refractivity contribution in [2.75, 3.05) is 0 Å². The van der Waals surface area contributed by atoms with Crippen LogP contribution in [0.4, 0.5) is 0 Å². The molecule has 25 heavy (non-hydrogen) atoms. The monoisotopic (exact) mass is 338 g/mol. The van der Waals surface area contributed by atoms with Crippen molar-refractivity contribution in [3.63, 3.8) is 0 Å². The van der Waals surface area contributed by atoms with E-state index >= 15 is 0 Å². The SMILES string of the molecule is CC(C)=CCc1c(O)c(C)c(O)c2c1OC(c1ccccc1)CC2=O. The minimum absolute atomic E-state index is 0.0183. The van der Waals surface area contributed by atoms with Crippen LogP contribution in [0.25, 0.3) is 0 Å². The van der Waals surface area contributed by atoms with Crippen molar-refractivity contribution in [3.8, 4) is 17.2 Å². The lowest BCUT2D eigenvalue weighted by Gasteiger charge is -2.29. The molecule has 4 nitrogen and oxygen atoms in total. The second-order valence-electron chi connectivity index (χ2n) is 6.63. The molecule has 0 amide bonds. The Labute approximate surface area is 147 Å².